The summed E-state index contributed by atoms with van der Waals surface area (Å²) in [7, 11) is 2.04. The van der Waals surface area contributed by atoms with Crippen LogP contribution in [0, 0.1) is 11.8 Å². The van der Waals surface area contributed by atoms with Crippen LogP contribution in [0.5, 0.6) is 0 Å². The van der Waals surface area contributed by atoms with E-state index in [0.717, 1.165) is 36.6 Å². The molecule has 1 aromatic carbocycles. The summed E-state index contributed by atoms with van der Waals surface area (Å²) in [6.45, 7) is 17.4. The van der Waals surface area contributed by atoms with Crippen LogP contribution in [0.15, 0.2) is 67.7 Å². The second kappa shape index (κ2) is 7.86. The number of allylic oxidation sites excluding steroid dienone is 3. The number of para-hydroxylation sites is 1. The molecule has 3 heteroatoms. The number of nitrogens with zero attached hydrogens (tertiary/aromatic N) is 1. The van der Waals surface area contributed by atoms with Crippen molar-refractivity contribution < 1.29 is 0 Å². The van der Waals surface area contributed by atoms with Gasteiger partial charge in [-0.15, -0.1) is 6.58 Å². The smallest absolute Gasteiger partial charge is 0.103 e. The molecule has 0 saturated heterocycles. The molecular weight excluding hydrogens is 318 g/mol. The van der Waals surface area contributed by atoms with Crippen molar-refractivity contribution in [3.8, 4) is 0 Å². The Bertz CT molecular complexity index is 731. The summed E-state index contributed by atoms with van der Waals surface area (Å²) in [5, 5.41) is 6.99. The van der Waals surface area contributed by atoms with Crippen molar-refractivity contribution in [3.63, 3.8) is 0 Å². The van der Waals surface area contributed by atoms with Gasteiger partial charge in [0.25, 0.3) is 0 Å². The summed E-state index contributed by atoms with van der Waals surface area (Å²) in [6, 6.07) is 6.38. The van der Waals surface area contributed by atoms with E-state index in [9.17, 15) is 0 Å². The fraction of sp³-hybridized carbons (Fsp3) is 0.391. The molecule has 2 N–H and O–H groups in total. The lowest BCUT2D eigenvalue weighted by atomic mass is 9.85. The molecule has 0 radical (unpaired) electrons. The Balaban J connectivity index is 1.64. The second-order valence-corrected chi connectivity index (χ2v) is 7.45. The van der Waals surface area contributed by atoms with E-state index in [1.165, 1.54) is 36.1 Å². The predicted octanol–water partition coefficient (Wildman–Crippen LogP) is 5.56. The van der Waals surface area contributed by atoms with Gasteiger partial charge in [-0.05, 0) is 43.2 Å². The lowest BCUT2D eigenvalue weighted by molar-refractivity contribution is 0.463. The summed E-state index contributed by atoms with van der Waals surface area (Å²) in [6.07, 6.45) is 7.73. The summed E-state index contributed by atoms with van der Waals surface area (Å²) >= 11 is 0. The monoisotopic (exact) mass is 349 g/mol. The molecule has 1 heterocycles. The number of hydrogen-bond donors (Lipinski definition) is 2. The second-order valence-electron chi connectivity index (χ2n) is 7.45. The van der Waals surface area contributed by atoms with E-state index in [1.54, 1.807) is 0 Å². The number of benzene rings is 1. The van der Waals surface area contributed by atoms with Crippen LogP contribution < -0.4 is 15.5 Å². The molecule has 1 saturated carbocycles. The first-order valence-electron chi connectivity index (χ1n) is 9.55. The molecule has 1 aliphatic heterocycles. The molecule has 0 aromatic heterocycles. The molecule has 1 fully saturated rings. The van der Waals surface area contributed by atoms with Gasteiger partial charge in [0.1, 0.15) is 5.82 Å². The van der Waals surface area contributed by atoms with Gasteiger partial charge in [0.2, 0.25) is 0 Å². The number of rotatable bonds is 8. The summed E-state index contributed by atoms with van der Waals surface area (Å²) < 4.78 is 0. The maximum atomic E-state index is 4.37. The first kappa shape index (κ1) is 18.4. The molecule has 0 amide bonds. The van der Waals surface area contributed by atoms with Crippen molar-refractivity contribution in [3.05, 3.63) is 73.2 Å². The van der Waals surface area contributed by atoms with E-state index in [0.29, 0.717) is 11.8 Å². The topological polar surface area (TPSA) is 27.3 Å². The predicted molar refractivity (Wildman–Crippen MR) is 113 cm³/mol. The van der Waals surface area contributed by atoms with Crippen LogP contribution in [0.1, 0.15) is 37.7 Å². The van der Waals surface area contributed by atoms with Gasteiger partial charge in [0.15, 0.2) is 0 Å². The fourth-order valence-electron chi connectivity index (χ4n) is 4.21. The van der Waals surface area contributed by atoms with E-state index < -0.39 is 0 Å². The molecule has 0 bridgehead atoms. The Morgan fingerprint density at radius 2 is 2.08 bits per heavy atom. The summed E-state index contributed by atoms with van der Waals surface area (Å²) in [5.74, 6) is 1.97. The van der Waals surface area contributed by atoms with Gasteiger partial charge in [-0.3, -0.25) is 0 Å². The molecule has 1 aromatic rings. The van der Waals surface area contributed by atoms with Crippen molar-refractivity contribution >= 4 is 11.4 Å². The highest BCUT2D eigenvalue weighted by molar-refractivity contribution is 5.82. The van der Waals surface area contributed by atoms with Gasteiger partial charge < -0.3 is 15.5 Å². The van der Waals surface area contributed by atoms with Crippen molar-refractivity contribution in [1.82, 2.24) is 5.32 Å². The van der Waals surface area contributed by atoms with Crippen molar-refractivity contribution in [2.75, 3.05) is 17.3 Å². The van der Waals surface area contributed by atoms with Crippen LogP contribution in [-0.2, 0) is 6.54 Å². The van der Waals surface area contributed by atoms with Crippen LogP contribution in [0.2, 0.25) is 0 Å². The largest absolute Gasteiger partial charge is 0.384 e. The quantitative estimate of drug-likeness (QED) is 0.602. The average molecular weight is 350 g/mol. The maximum absolute atomic E-state index is 4.37. The van der Waals surface area contributed by atoms with Gasteiger partial charge in [-0.25, -0.2) is 0 Å². The third-order valence-corrected chi connectivity index (χ3v) is 5.83. The number of hydrogen-bond acceptors (Lipinski definition) is 3. The van der Waals surface area contributed by atoms with Crippen LogP contribution >= 0.6 is 0 Å². The van der Waals surface area contributed by atoms with Gasteiger partial charge in [0, 0.05) is 25.2 Å². The molecular formula is C23H31N3. The number of anilines is 2. The summed E-state index contributed by atoms with van der Waals surface area (Å²) in [5.41, 5.74) is 6.08. The summed E-state index contributed by atoms with van der Waals surface area (Å²) in [4.78, 5) is 2.09. The molecule has 2 atom stereocenters. The van der Waals surface area contributed by atoms with Crippen molar-refractivity contribution in [2.45, 2.75) is 38.6 Å². The molecule has 1 aliphatic carbocycles. The van der Waals surface area contributed by atoms with E-state index in [-0.39, 0.29) is 0 Å². The van der Waals surface area contributed by atoms with Crippen LogP contribution in [0.3, 0.4) is 0 Å². The first-order chi connectivity index (χ1) is 12.5. The van der Waals surface area contributed by atoms with Crippen LogP contribution in [0.25, 0.3) is 0 Å². The average Bonchev–Trinajstić information content (AvgIpc) is 3.24. The van der Waals surface area contributed by atoms with E-state index in [2.05, 4.69) is 60.0 Å². The third-order valence-electron chi connectivity index (χ3n) is 5.83. The Kier molecular flexibility index (Phi) is 5.55. The third kappa shape index (κ3) is 3.57. The normalized spacial score (nSPS) is 21.3. The number of fused-ring (bicyclic) bond motifs is 1. The Hall–Kier alpha value is -2.42. The highest BCUT2D eigenvalue weighted by atomic mass is 15.3. The lowest BCUT2D eigenvalue weighted by Crippen LogP contribution is -2.23. The molecule has 138 valence electrons. The van der Waals surface area contributed by atoms with E-state index >= 15 is 0 Å². The standard InChI is InChI=1S/C23H31N3/c1-6-7-10-16(2)20-12-9-13-21(20)17(3)24-15-19-11-8-14-22-23(19)25-18(4)26(22)5/h6,8,11,14,20-21,24-25H,1-4,7,9-10,12-13,15H2,5H3. The van der Waals surface area contributed by atoms with E-state index in [4.69, 9.17) is 0 Å². The first-order valence-corrected chi connectivity index (χ1v) is 9.55. The SMILES string of the molecule is C=CCCC(=C)C1CCCC1C(=C)NCc1cccc2c1NC(=C)N2C. The molecule has 3 nitrogen and oxygen atoms in total. The number of nitrogens with one attached hydrogen (secondary N) is 2. The Labute approximate surface area is 158 Å². The molecule has 26 heavy (non-hydrogen) atoms. The van der Waals surface area contributed by atoms with Crippen LogP contribution in [-0.4, -0.2) is 7.05 Å². The van der Waals surface area contributed by atoms with Crippen LogP contribution in [0.4, 0.5) is 11.4 Å². The Morgan fingerprint density at radius 1 is 1.31 bits per heavy atom. The molecule has 3 rings (SSSR count). The fourth-order valence-corrected chi connectivity index (χ4v) is 4.21. The zero-order chi connectivity index (χ0) is 18.7. The van der Waals surface area contributed by atoms with Crippen molar-refractivity contribution in [1.29, 1.82) is 0 Å². The van der Waals surface area contributed by atoms with E-state index in [1.807, 2.05) is 13.1 Å². The maximum Gasteiger partial charge on any atom is 0.103 e. The highest BCUT2D eigenvalue weighted by Gasteiger charge is 2.31. The minimum absolute atomic E-state index is 0.495. The minimum Gasteiger partial charge on any atom is -0.384 e. The molecule has 2 unspecified atom stereocenters. The lowest BCUT2D eigenvalue weighted by Gasteiger charge is -2.25. The minimum atomic E-state index is 0.495. The van der Waals surface area contributed by atoms with Gasteiger partial charge in [-0.1, -0.05) is 49.9 Å². The molecule has 2 aliphatic rings. The Morgan fingerprint density at radius 3 is 2.85 bits per heavy atom. The zero-order valence-electron chi connectivity index (χ0n) is 16.0. The van der Waals surface area contributed by atoms with Gasteiger partial charge in [-0.2, -0.15) is 0 Å². The molecule has 0 spiro atoms. The van der Waals surface area contributed by atoms with Gasteiger partial charge in [0.05, 0.1) is 11.4 Å². The van der Waals surface area contributed by atoms with Gasteiger partial charge >= 0.3 is 0 Å². The highest BCUT2D eigenvalue weighted by Crippen LogP contribution is 2.41. The van der Waals surface area contributed by atoms with Crippen molar-refractivity contribution in [2.24, 2.45) is 11.8 Å². The zero-order valence-corrected chi connectivity index (χ0v) is 16.0.